The summed E-state index contributed by atoms with van der Waals surface area (Å²) >= 11 is 0. The Bertz CT molecular complexity index is 581. The number of amides is 1. The quantitative estimate of drug-likeness (QED) is 0.842. The highest BCUT2D eigenvalue weighted by Gasteiger charge is 2.43. The second-order valence-electron chi connectivity index (χ2n) is 4.62. The lowest BCUT2D eigenvalue weighted by atomic mass is 10.1. The number of halogens is 3. The largest absolute Gasteiger partial charge is 0.454 e. The molecule has 0 N–H and O–H groups in total. The predicted molar refractivity (Wildman–Crippen MR) is 67.5 cm³/mol. The molecule has 7 heteroatoms. The van der Waals surface area contributed by atoms with E-state index in [1.54, 1.807) is 37.3 Å². The second-order valence-corrected chi connectivity index (χ2v) is 4.62. The van der Waals surface area contributed by atoms with Gasteiger partial charge in [-0.15, -0.1) is 0 Å². The molecule has 0 spiro atoms. The number of hydrogen-bond donors (Lipinski definition) is 0. The average molecular weight is 299 g/mol. The van der Waals surface area contributed by atoms with Crippen molar-refractivity contribution >= 4 is 11.9 Å². The number of alkyl halides is 3. The van der Waals surface area contributed by atoms with Gasteiger partial charge in [0.25, 0.3) is 5.78 Å². The first-order valence-corrected chi connectivity index (χ1v) is 6.16. The van der Waals surface area contributed by atoms with E-state index in [0.29, 0.717) is 0 Å². The first-order valence-electron chi connectivity index (χ1n) is 6.16. The van der Waals surface area contributed by atoms with E-state index in [9.17, 15) is 22.8 Å². The smallest absolute Gasteiger partial charge is 0.410 e. The van der Waals surface area contributed by atoms with Crippen LogP contribution in [0.4, 0.5) is 18.0 Å². The van der Waals surface area contributed by atoms with Crippen LogP contribution in [0, 0.1) is 0 Å². The lowest BCUT2D eigenvalue weighted by Gasteiger charge is -2.18. The van der Waals surface area contributed by atoms with Crippen LogP contribution in [0.5, 0.6) is 5.75 Å². The molecule has 1 heterocycles. The van der Waals surface area contributed by atoms with Gasteiger partial charge in [-0.3, -0.25) is 9.69 Å². The third-order valence-corrected chi connectivity index (χ3v) is 2.99. The summed E-state index contributed by atoms with van der Waals surface area (Å²) in [6, 6.07) is 7.57. The number of para-hydroxylation sites is 1. The van der Waals surface area contributed by atoms with Crippen LogP contribution in [0.2, 0.25) is 0 Å². The van der Waals surface area contributed by atoms with Gasteiger partial charge in [-0.1, -0.05) is 18.2 Å². The third kappa shape index (κ3) is 3.42. The van der Waals surface area contributed by atoms with Gasteiger partial charge < -0.3 is 4.74 Å². The average Bonchev–Trinajstić information content (AvgIpc) is 2.80. The monoisotopic (exact) mass is 299 g/mol. The molecule has 0 radical (unpaired) electrons. The van der Waals surface area contributed by atoms with Crippen LogP contribution >= 0.6 is 0 Å². The Labute approximate surface area is 118 Å². The summed E-state index contributed by atoms with van der Waals surface area (Å²) in [6.45, 7) is 1.54. The minimum absolute atomic E-state index is 0.151. The summed E-state index contributed by atoms with van der Waals surface area (Å²) in [5.41, 5.74) is -0.444. The van der Waals surface area contributed by atoms with E-state index in [4.69, 9.17) is 4.74 Å². The van der Waals surface area contributed by atoms with Crippen molar-refractivity contribution in [3.63, 3.8) is 0 Å². The number of hydrogen-bond acceptors (Lipinski definition) is 3. The van der Waals surface area contributed by atoms with Gasteiger partial charge >= 0.3 is 12.3 Å². The van der Waals surface area contributed by atoms with Crippen LogP contribution in [0.3, 0.4) is 0 Å². The van der Waals surface area contributed by atoms with E-state index in [1.165, 1.54) is 0 Å². The number of benzene rings is 1. The maximum absolute atomic E-state index is 12.4. The van der Waals surface area contributed by atoms with Gasteiger partial charge in [-0.25, -0.2) is 4.79 Å². The second kappa shape index (κ2) is 5.59. The topological polar surface area (TPSA) is 46.6 Å². The van der Waals surface area contributed by atoms with Crippen molar-refractivity contribution in [3.05, 3.63) is 42.1 Å². The van der Waals surface area contributed by atoms with E-state index < -0.39 is 29.7 Å². The Morgan fingerprint density at radius 1 is 1.24 bits per heavy atom. The molecule has 1 unspecified atom stereocenters. The number of nitrogens with zero attached hydrogens (tertiary/aromatic N) is 1. The fraction of sp³-hybridized carbons (Fsp3) is 0.286. The van der Waals surface area contributed by atoms with E-state index in [1.807, 2.05) is 0 Å². The summed E-state index contributed by atoms with van der Waals surface area (Å²) < 4.78 is 42.2. The summed E-state index contributed by atoms with van der Waals surface area (Å²) in [7, 11) is 0. The lowest BCUT2D eigenvalue weighted by Crippen LogP contribution is -2.33. The van der Waals surface area contributed by atoms with E-state index in [2.05, 4.69) is 0 Å². The summed E-state index contributed by atoms with van der Waals surface area (Å²) in [5.74, 6) is -1.65. The van der Waals surface area contributed by atoms with Crippen LogP contribution in [-0.2, 0) is 4.79 Å². The number of Topliss-reactive ketones (excluding diaryl/α,β-unsaturated/α-hetero) is 1. The van der Waals surface area contributed by atoms with Gasteiger partial charge in [0.2, 0.25) is 0 Å². The van der Waals surface area contributed by atoms with Crippen LogP contribution in [0.1, 0.15) is 13.3 Å². The molecule has 0 aliphatic carbocycles. The van der Waals surface area contributed by atoms with E-state index in [-0.39, 0.29) is 12.2 Å². The Kier molecular flexibility index (Phi) is 4.02. The number of carbonyl (C=O) groups is 2. The molecule has 4 nitrogen and oxygen atoms in total. The standard InChI is InChI=1S/C14H12F3NO3/c1-9-7-10(12(19)14(15,16)17)8-18(9)13(20)21-11-5-3-2-4-6-11/h2-6,8-9H,7H2,1H3. The first kappa shape index (κ1) is 15.1. The Hall–Kier alpha value is -2.31. The highest BCUT2D eigenvalue weighted by atomic mass is 19.4. The van der Waals surface area contributed by atoms with Gasteiger partial charge in [-0.2, -0.15) is 13.2 Å². The third-order valence-electron chi connectivity index (χ3n) is 2.99. The number of ketones is 1. The molecular weight excluding hydrogens is 287 g/mol. The molecule has 1 aromatic rings. The molecule has 1 aromatic carbocycles. The minimum Gasteiger partial charge on any atom is -0.410 e. The summed E-state index contributed by atoms with van der Waals surface area (Å²) in [6.07, 6.45) is -5.00. The van der Waals surface area contributed by atoms with Crippen molar-refractivity contribution in [3.8, 4) is 5.75 Å². The zero-order valence-corrected chi connectivity index (χ0v) is 11.1. The van der Waals surface area contributed by atoms with Crippen molar-refractivity contribution in [2.75, 3.05) is 0 Å². The molecule has 0 aromatic heterocycles. The Morgan fingerprint density at radius 3 is 2.43 bits per heavy atom. The zero-order valence-electron chi connectivity index (χ0n) is 11.1. The van der Waals surface area contributed by atoms with Gasteiger partial charge in [0, 0.05) is 17.8 Å². The molecule has 0 bridgehead atoms. The maximum atomic E-state index is 12.4. The zero-order chi connectivity index (χ0) is 15.6. The van der Waals surface area contributed by atoms with Crippen molar-refractivity contribution in [1.29, 1.82) is 0 Å². The number of ether oxygens (including phenoxy) is 1. The molecule has 1 amide bonds. The van der Waals surface area contributed by atoms with Gasteiger partial charge in [0.1, 0.15) is 5.75 Å². The molecular formula is C14H12F3NO3. The Balaban J connectivity index is 2.11. The number of rotatable bonds is 2. The Morgan fingerprint density at radius 2 is 1.86 bits per heavy atom. The molecule has 21 heavy (non-hydrogen) atoms. The fourth-order valence-corrected chi connectivity index (χ4v) is 1.97. The van der Waals surface area contributed by atoms with Crippen molar-refractivity contribution in [2.45, 2.75) is 25.6 Å². The molecule has 1 aliphatic heterocycles. The first-order chi connectivity index (χ1) is 9.79. The molecule has 0 saturated carbocycles. The molecule has 1 aliphatic rings. The molecule has 1 atom stereocenters. The van der Waals surface area contributed by atoms with E-state index >= 15 is 0 Å². The molecule has 0 saturated heterocycles. The summed E-state index contributed by atoms with van der Waals surface area (Å²) in [5, 5.41) is 0. The van der Waals surface area contributed by atoms with Gasteiger partial charge in [0.15, 0.2) is 0 Å². The molecule has 0 fully saturated rings. The maximum Gasteiger partial charge on any atom is 0.454 e. The van der Waals surface area contributed by atoms with Gasteiger partial charge in [-0.05, 0) is 25.5 Å². The predicted octanol–water partition coefficient (Wildman–Crippen LogP) is 3.29. The van der Waals surface area contributed by atoms with Crippen LogP contribution in [0.25, 0.3) is 0 Å². The highest BCUT2D eigenvalue weighted by Crippen LogP contribution is 2.29. The fourth-order valence-electron chi connectivity index (χ4n) is 1.97. The van der Waals surface area contributed by atoms with E-state index in [0.717, 1.165) is 11.1 Å². The minimum atomic E-state index is -4.94. The molecule has 2 rings (SSSR count). The normalized spacial score (nSPS) is 18.4. The highest BCUT2D eigenvalue weighted by molar-refractivity contribution is 6.00. The SMILES string of the molecule is CC1CC(C(=O)C(F)(F)F)=CN1C(=O)Oc1ccccc1. The summed E-state index contributed by atoms with van der Waals surface area (Å²) in [4.78, 5) is 24.1. The van der Waals surface area contributed by atoms with Crippen molar-refractivity contribution in [2.24, 2.45) is 0 Å². The van der Waals surface area contributed by atoms with Crippen molar-refractivity contribution < 1.29 is 27.5 Å². The molecule has 112 valence electrons. The number of carbonyl (C=O) groups excluding carboxylic acids is 2. The van der Waals surface area contributed by atoms with Crippen LogP contribution < -0.4 is 4.74 Å². The van der Waals surface area contributed by atoms with Crippen LogP contribution in [-0.4, -0.2) is 29.0 Å². The van der Waals surface area contributed by atoms with Crippen LogP contribution in [0.15, 0.2) is 42.1 Å². The van der Waals surface area contributed by atoms with Crippen molar-refractivity contribution in [1.82, 2.24) is 4.90 Å². The van der Waals surface area contributed by atoms with Gasteiger partial charge in [0.05, 0.1) is 0 Å². The lowest BCUT2D eigenvalue weighted by molar-refractivity contribution is -0.166.